The lowest BCUT2D eigenvalue weighted by atomic mass is 9.92. The van der Waals surface area contributed by atoms with E-state index in [1.807, 2.05) is 0 Å². The van der Waals surface area contributed by atoms with Gasteiger partial charge < -0.3 is 5.11 Å². The molecule has 0 amide bonds. The lowest BCUT2D eigenvalue weighted by molar-refractivity contribution is -0.144. The normalized spacial score (nSPS) is 28.9. The van der Waals surface area contributed by atoms with Crippen LogP contribution in [0.15, 0.2) is 0 Å². The maximum absolute atomic E-state index is 11.7. The van der Waals surface area contributed by atoms with Gasteiger partial charge >= 0.3 is 5.97 Å². The molecule has 1 N–H and O–H groups in total. The molecule has 2 atom stereocenters. The zero-order chi connectivity index (χ0) is 11.6. The summed E-state index contributed by atoms with van der Waals surface area (Å²) in [7, 11) is -3.27. The molecular formula is C9H17NO4S. The molecule has 1 rings (SSSR count). The van der Waals surface area contributed by atoms with Gasteiger partial charge in [-0.2, -0.15) is 4.31 Å². The van der Waals surface area contributed by atoms with Gasteiger partial charge in [-0.1, -0.05) is 0 Å². The van der Waals surface area contributed by atoms with Crippen molar-refractivity contribution in [1.29, 1.82) is 0 Å². The first-order valence-corrected chi connectivity index (χ1v) is 6.73. The maximum Gasteiger partial charge on any atom is 0.308 e. The van der Waals surface area contributed by atoms with Gasteiger partial charge in [0.2, 0.25) is 10.0 Å². The number of carboxylic acids is 1. The highest BCUT2D eigenvalue weighted by Crippen LogP contribution is 2.26. The number of sulfonamides is 1. The van der Waals surface area contributed by atoms with Gasteiger partial charge in [0.1, 0.15) is 0 Å². The summed E-state index contributed by atoms with van der Waals surface area (Å²) < 4.78 is 24.7. The average Bonchev–Trinajstić information content (AvgIpc) is 2.17. The van der Waals surface area contributed by atoms with E-state index < -0.39 is 28.0 Å². The molecule has 5 nitrogen and oxygen atoms in total. The topological polar surface area (TPSA) is 74.7 Å². The summed E-state index contributed by atoms with van der Waals surface area (Å²) >= 11 is 0. The first-order chi connectivity index (χ1) is 6.90. The maximum atomic E-state index is 11.7. The molecule has 1 aliphatic heterocycles. The molecule has 6 heteroatoms. The van der Waals surface area contributed by atoms with Gasteiger partial charge in [-0.25, -0.2) is 8.42 Å². The van der Waals surface area contributed by atoms with E-state index in [1.54, 1.807) is 13.8 Å². The smallest absolute Gasteiger partial charge is 0.308 e. The van der Waals surface area contributed by atoms with E-state index in [2.05, 4.69) is 0 Å². The van der Waals surface area contributed by atoms with Gasteiger partial charge in [0.05, 0.1) is 11.7 Å². The van der Waals surface area contributed by atoms with Crippen molar-refractivity contribution in [2.75, 3.05) is 12.3 Å². The monoisotopic (exact) mass is 235 g/mol. The number of nitrogens with zero attached hydrogens (tertiary/aromatic N) is 1. The minimum atomic E-state index is -3.27. The number of carboxylic acid groups (broad SMARTS) is 1. The van der Waals surface area contributed by atoms with Gasteiger partial charge in [0.25, 0.3) is 0 Å². The molecule has 0 aliphatic carbocycles. The molecule has 0 spiro atoms. The number of aliphatic carboxylic acids is 1. The van der Waals surface area contributed by atoms with Gasteiger partial charge in [0, 0.05) is 12.6 Å². The fourth-order valence-electron chi connectivity index (χ4n) is 2.00. The van der Waals surface area contributed by atoms with Crippen molar-refractivity contribution in [3.8, 4) is 0 Å². The molecule has 0 radical (unpaired) electrons. The third kappa shape index (κ3) is 2.49. The molecule has 1 saturated heterocycles. The summed E-state index contributed by atoms with van der Waals surface area (Å²) in [5.41, 5.74) is 0. The molecule has 0 aromatic rings. The Morgan fingerprint density at radius 1 is 1.53 bits per heavy atom. The largest absolute Gasteiger partial charge is 0.481 e. The molecule has 1 aliphatic rings. The van der Waals surface area contributed by atoms with E-state index >= 15 is 0 Å². The molecule has 0 aromatic carbocycles. The molecule has 0 bridgehead atoms. The number of piperidine rings is 1. The van der Waals surface area contributed by atoms with Gasteiger partial charge in [-0.3, -0.25) is 4.79 Å². The van der Waals surface area contributed by atoms with Crippen molar-refractivity contribution in [3.63, 3.8) is 0 Å². The third-order valence-electron chi connectivity index (χ3n) is 2.97. The van der Waals surface area contributed by atoms with Crippen molar-refractivity contribution in [2.24, 2.45) is 5.92 Å². The van der Waals surface area contributed by atoms with Gasteiger partial charge in [-0.15, -0.1) is 0 Å². The highest BCUT2D eigenvalue weighted by atomic mass is 32.2. The van der Waals surface area contributed by atoms with Crippen LogP contribution >= 0.6 is 0 Å². The second kappa shape index (κ2) is 4.49. The van der Waals surface area contributed by atoms with Crippen LogP contribution in [0.3, 0.4) is 0 Å². The Kier molecular flexibility index (Phi) is 3.72. The van der Waals surface area contributed by atoms with E-state index in [0.717, 1.165) is 0 Å². The summed E-state index contributed by atoms with van der Waals surface area (Å²) in [6, 6.07) is -0.429. The van der Waals surface area contributed by atoms with Crippen molar-refractivity contribution in [1.82, 2.24) is 4.31 Å². The SMILES string of the molecule is CCS(=O)(=O)N1CCC[C@H](C(=O)O)[C@@H]1C. The Hall–Kier alpha value is -0.620. The van der Waals surface area contributed by atoms with E-state index in [9.17, 15) is 13.2 Å². The minimum absolute atomic E-state index is 0.0314. The molecule has 15 heavy (non-hydrogen) atoms. The second-order valence-corrected chi connectivity index (χ2v) is 6.05. The Balaban J connectivity index is 2.89. The Morgan fingerprint density at radius 3 is 2.60 bits per heavy atom. The van der Waals surface area contributed by atoms with E-state index in [1.165, 1.54) is 4.31 Å². The zero-order valence-electron chi connectivity index (χ0n) is 9.01. The first-order valence-electron chi connectivity index (χ1n) is 5.12. The predicted molar refractivity (Wildman–Crippen MR) is 56.0 cm³/mol. The van der Waals surface area contributed by atoms with Crippen LogP contribution < -0.4 is 0 Å². The highest BCUT2D eigenvalue weighted by Gasteiger charge is 2.37. The fourth-order valence-corrected chi connectivity index (χ4v) is 3.39. The molecule has 0 saturated carbocycles. The summed E-state index contributed by atoms with van der Waals surface area (Å²) in [5.74, 6) is -1.44. The standard InChI is InChI=1S/C9H17NO4S/c1-3-15(13,14)10-6-4-5-8(7(10)2)9(11)12/h7-8H,3-6H2,1-2H3,(H,11,12)/t7-,8-/m0/s1. The Bertz CT molecular complexity index is 338. The van der Waals surface area contributed by atoms with Crippen LogP contribution in [0.5, 0.6) is 0 Å². The van der Waals surface area contributed by atoms with Gasteiger partial charge in [0.15, 0.2) is 0 Å². The van der Waals surface area contributed by atoms with Gasteiger partial charge in [-0.05, 0) is 26.7 Å². The number of carbonyl (C=O) groups is 1. The summed E-state index contributed by atoms with van der Waals surface area (Å²) in [6.07, 6.45) is 1.19. The number of hydrogen-bond donors (Lipinski definition) is 1. The van der Waals surface area contributed by atoms with Crippen LogP contribution in [0.1, 0.15) is 26.7 Å². The lowest BCUT2D eigenvalue weighted by Crippen LogP contribution is -2.49. The van der Waals surface area contributed by atoms with Crippen molar-refractivity contribution >= 4 is 16.0 Å². The van der Waals surface area contributed by atoms with E-state index in [4.69, 9.17) is 5.11 Å². The summed E-state index contributed by atoms with van der Waals surface area (Å²) in [5, 5.41) is 8.94. The molecule has 1 heterocycles. The molecule has 0 aromatic heterocycles. The molecule has 88 valence electrons. The average molecular weight is 235 g/mol. The van der Waals surface area contributed by atoms with E-state index in [-0.39, 0.29) is 5.75 Å². The predicted octanol–water partition coefficient (Wildman–Crippen LogP) is 0.521. The van der Waals surface area contributed by atoms with Crippen molar-refractivity contribution < 1.29 is 18.3 Å². The number of hydrogen-bond acceptors (Lipinski definition) is 3. The third-order valence-corrected chi connectivity index (χ3v) is 4.93. The molecule has 1 fully saturated rings. The first kappa shape index (κ1) is 12.4. The van der Waals surface area contributed by atoms with Crippen LogP contribution in [0.4, 0.5) is 0 Å². The number of rotatable bonds is 3. The molecular weight excluding hydrogens is 218 g/mol. The Morgan fingerprint density at radius 2 is 2.13 bits per heavy atom. The molecule has 0 unspecified atom stereocenters. The van der Waals surface area contributed by atoms with Crippen molar-refractivity contribution in [2.45, 2.75) is 32.7 Å². The summed E-state index contributed by atoms with van der Waals surface area (Å²) in [6.45, 7) is 3.69. The second-order valence-electron chi connectivity index (χ2n) is 3.84. The van der Waals surface area contributed by atoms with Crippen molar-refractivity contribution in [3.05, 3.63) is 0 Å². The van der Waals surface area contributed by atoms with E-state index in [0.29, 0.717) is 19.4 Å². The van der Waals surface area contributed by atoms with Crippen LogP contribution in [-0.4, -0.2) is 42.1 Å². The zero-order valence-corrected chi connectivity index (χ0v) is 9.83. The van der Waals surface area contributed by atoms with Crippen LogP contribution in [0, 0.1) is 5.92 Å². The summed E-state index contributed by atoms with van der Waals surface area (Å²) in [4.78, 5) is 10.9. The van der Waals surface area contributed by atoms with Crippen LogP contribution in [-0.2, 0) is 14.8 Å². The Labute approximate surface area is 90.1 Å². The lowest BCUT2D eigenvalue weighted by Gasteiger charge is -2.36. The fraction of sp³-hybridized carbons (Fsp3) is 0.889. The quantitative estimate of drug-likeness (QED) is 0.774. The highest BCUT2D eigenvalue weighted by molar-refractivity contribution is 7.89. The minimum Gasteiger partial charge on any atom is -0.481 e. The van der Waals surface area contributed by atoms with Crippen LogP contribution in [0.25, 0.3) is 0 Å². The van der Waals surface area contributed by atoms with Crippen LogP contribution in [0.2, 0.25) is 0 Å².